The lowest BCUT2D eigenvalue weighted by atomic mass is 9.92. The van der Waals surface area contributed by atoms with Gasteiger partial charge >= 0.3 is 0 Å². The summed E-state index contributed by atoms with van der Waals surface area (Å²) in [7, 11) is 0. The highest BCUT2D eigenvalue weighted by Gasteiger charge is 2.24. The number of pyridine rings is 1. The zero-order valence-electron chi connectivity index (χ0n) is 15.3. The molecule has 27 heavy (non-hydrogen) atoms. The fraction of sp³-hybridized carbons (Fsp3) is 0.273. The van der Waals surface area contributed by atoms with Gasteiger partial charge in [-0.2, -0.15) is 0 Å². The minimum absolute atomic E-state index is 0.0509. The van der Waals surface area contributed by atoms with Crippen molar-refractivity contribution in [2.24, 2.45) is 5.92 Å². The Morgan fingerprint density at radius 3 is 2.96 bits per heavy atom. The number of amides is 1. The second-order valence-corrected chi connectivity index (χ2v) is 7.02. The number of hydrogen-bond donors (Lipinski definition) is 2. The number of carbonyl (C=O) groups excluding carboxylic acids is 1. The number of aromatic nitrogens is 1. The highest BCUT2D eigenvalue weighted by atomic mass is 16.5. The van der Waals surface area contributed by atoms with Crippen LogP contribution in [-0.4, -0.2) is 23.5 Å². The molecule has 1 aliphatic heterocycles. The van der Waals surface area contributed by atoms with Gasteiger partial charge in [-0.3, -0.25) is 9.78 Å². The molecular weight excluding hydrogens is 338 g/mol. The zero-order chi connectivity index (χ0) is 18.6. The molecule has 2 N–H and O–H groups in total. The molecule has 0 spiro atoms. The molecular formula is C22H23N3O2. The van der Waals surface area contributed by atoms with Gasteiger partial charge in [0.25, 0.3) is 0 Å². The number of nitrogens with zero attached hydrogens (tertiary/aromatic N) is 1. The molecule has 1 aromatic heterocycles. The smallest absolute Gasteiger partial charge is 0.227 e. The fourth-order valence-corrected chi connectivity index (χ4v) is 3.54. The predicted octanol–water partition coefficient (Wildman–Crippen LogP) is 4.35. The predicted molar refractivity (Wildman–Crippen MR) is 107 cm³/mol. The first-order valence-electron chi connectivity index (χ1n) is 9.35. The Balaban J connectivity index is 1.50. The summed E-state index contributed by atoms with van der Waals surface area (Å²) in [6, 6.07) is 17.6. The number of rotatable bonds is 4. The van der Waals surface area contributed by atoms with Crippen LogP contribution in [0.5, 0.6) is 11.5 Å². The Morgan fingerprint density at radius 2 is 2.07 bits per heavy atom. The summed E-state index contributed by atoms with van der Waals surface area (Å²) in [6.07, 6.45) is 3.47. The van der Waals surface area contributed by atoms with Crippen LogP contribution in [0.25, 0.3) is 10.9 Å². The van der Waals surface area contributed by atoms with E-state index in [0.29, 0.717) is 11.8 Å². The van der Waals surface area contributed by atoms with E-state index in [4.69, 9.17) is 4.74 Å². The highest BCUT2D eigenvalue weighted by molar-refractivity contribution is 5.93. The lowest BCUT2D eigenvalue weighted by molar-refractivity contribution is -0.120. The molecule has 1 amide bonds. The van der Waals surface area contributed by atoms with Gasteiger partial charge in [0.05, 0.1) is 5.52 Å². The molecule has 138 valence electrons. The van der Waals surface area contributed by atoms with Crippen molar-refractivity contribution in [1.82, 2.24) is 10.3 Å². The summed E-state index contributed by atoms with van der Waals surface area (Å²) < 4.78 is 6.08. The third-order valence-corrected chi connectivity index (χ3v) is 4.93. The molecule has 0 saturated carbocycles. The summed E-state index contributed by atoms with van der Waals surface area (Å²) in [5, 5.41) is 7.37. The number of nitrogens with one attached hydrogen (secondary N) is 2. The quantitative estimate of drug-likeness (QED) is 0.725. The zero-order valence-corrected chi connectivity index (χ0v) is 15.3. The van der Waals surface area contributed by atoms with E-state index >= 15 is 0 Å². The Kier molecular flexibility index (Phi) is 5.03. The third-order valence-electron chi connectivity index (χ3n) is 4.93. The molecule has 2 heterocycles. The van der Waals surface area contributed by atoms with Gasteiger partial charge < -0.3 is 15.4 Å². The molecule has 0 unspecified atom stereocenters. The number of carbonyl (C=O) groups is 1. The van der Waals surface area contributed by atoms with Gasteiger partial charge in [0, 0.05) is 35.3 Å². The normalized spacial score (nSPS) is 19.6. The molecule has 1 saturated heterocycles. The van der Waals surface area contributed by atoms with Crippen molar-refractivity contribution in [3.05, 3.63) is 60.8 Å². The Hall–Kier alpha value is -2.92. The van der Waals surface area contributed by atoms with E-state index < -0.39 is 0 Å². The molecule has 1 fully saturated rings. The maximum absolute atomic E-state index is 12.6. The lowest BCUT2D eigenvalue weighted by Gasteiger charge is -2.27. The molecule has 2 atom stereocenters. The molecule has 5 heteroatoms. The molecule has 4 rings (SSSR count). The van der Waals surface area contributed by atoms with Gasteiger partial charge in [-0.1, -0.05) is 18.2 Å². The fourth-order valence-electron chi connectivity index (χ4n) is 3.54. The second-order valence-electron chi connectivity index (χ2n) is 7.02. The van der Waals surface area contributed by atoms with Crippen molar-refractivity contribution in [2.75, 3.05) is 11.9 Å². The summed E-state index contributed by atoms with van der Waals surface area (Å²) in [5.41, 5.74) is 1.64. The first-order chi connectivity index (χ1) is 13.2. The molecule has 0 aliphatic carbocycles. The number of benzene rings is 2. The van der Waals surface area contributed by atoms with Gasteiger partial charge in [-0.25, -0.2) is 0 Å². The van der Waals surface area contributed by atoms with Crippen LogP contribution in [0.4, 0.5) is 5.69 Å². The van der Waals surface area contributed by atoms with Crippen LogP contribution in [0.3, 0.4) is 0 Å². The number of anilines is 1. The largest absolute Gasteiger partial charge is 0.457 e. The van der Waals surface area contributed by atoms with Gasteiger partial charge in [0.2, 0.25) is 5.91 Å². The standard InChI is InChI=1S/C22H23N3O2/c1-15-13-16(9-11-23-15)22(26)25-17-5-4-6-18(14-17)27-21-10-12-24-20-8-3-2-7-19(20)21/h2-8,10,12,14-16,23H,9,11,13H2,1H3,(H,25,26)/t15-,16-/m0/s1. The van der Waals surface area contributed by atoms with E-state index in [1.165, 1.54) is 0 Å². The Labute approximate surface area is 158 Å². The summed E-state index contributed by atoms with van der Waals surface area (Å²) in [6.45, 7) is 3.00. The topological polar surface area (TPSA) is 63.2 Å². The first-order valence-corrected chi connectivity index (χ1v) is 9.35. The third kappa shape index (κ3) is 4.09. The van der Waals surface area contributed by atoms with Crippen molar-refractivity contribution in [1.29, 1.82) is 0 Å². The van der Waals surface area contributed by atoms with Crippen molar-refractivity contribution >= 4 is 22.5 Å². The molecule has 2 aromatic carbocycles. The summed E-state index contributed by atoms with van der Waals surface area (Å²) >= 11 is 0. The maximum Gasteiger partial charge on any atom is 0.227 e. The average Bonchev–Trinajstić information content (AvgIpc) is 2.69. The molecule has 3 aromatic rings. The van der Waals surface area contributed by atoms with Crippen LogP contribution in [-0.2, 0) is 4.79 Å². The van der Waals surface area contributed by atoms with Crippen LogP contribution in [0.2, 0.25) is 0 Å². The van der Waals surface area contributed by atoms with Crippen molar-refractivity contribution < 1.29 is 9.53 Å². The summed E-state index contributed by atoms with van der Waals surface area (Å²) in [4.78, 5) is 16.9. The number of ether oxygens (including phenoxy) is 1. The van der Waals surface area contributed by atoms with E-state index in [9.17, 15) is 4.79 Å². The van der Waals surface area contributed by atoms with Crippen LogP contribution < -0.4 is 15.4 Å². The lowest BCUT2D eigenvalue weighted by Crippen LogP contribution is -2.40. The monoisotopic (exact) mass is 361 g/mol. The molecule has 1 aliphatic rings. The van der Waals surface area contributed by atoms with Gasteiger partial charge in [-0.05, 0) is 56.6 Å². The van der Waals surface area contributed by atoms with E-state index in [0.717, 1.165) is 41.7 Å². The van der Waals surface area contributed by atoms with E-state index in [1.807, 2.05) is 54.6 Å². The molecule has 0 radical (unpaired) electrons. The van der Waals surface area contributed by atoms with Crippen molar-refractivity contribution in [3.63, 3.8) is 0 Å². The van der Waals surface area contributed by atoms with Gasteiger partial charge in [-0.15, -0.1) is 0 Å². The Morgan fingerprint density at radius 1 is 1.19 bits per heavy atom. The van der Waals surface area contributed by atoms with E-state index in [2.05, 4.69) is 22.5 Å². The van der Waals surface area contributed by atoms with Gasteiger partial charge in [0.1, 0.15) is 11.5 Å². The first kappa shape index (κ1) is 17.5. The number of piperidine rings is 1. The van der Waals surface area contributed by atoms with Crippen molar-refractivity contribution in [3.8, 4) is 11.5 Å². The van der Waals surface area contributed by atoms with Gasteiger partial charge in [0.15, 0.2) is 0 Å². The van der Waals surface area contributed by atoms with Crippen LogP contribution in [0, 0.1) is 5.92 Å². The molecule has 5 nitrogen and oxygen atoms in total. The number of hydrogen-bond acceptors (Lipinski definition) is 4. The summed E-state index contributed by atoms with van der Waals surface area (Å²) in [5.74, 6) is 1.56. The minimum Gasteiger partial charge on any atom is -0.457 e. The Bertz CT molecular complexity index is 952. The maximum atomic E-state index is 12.6. The van der Waals surface area contributed by atoms with Crippen molar-refractivity contribution in [2.45, 2.75) is 25.8 Å². The van der Waals surface area contributed by atoms with Crippen LogP contribution >= 0.6 is 0 Å². The average molecular weight is 361 g/mol. The van der Waals surface area contributed by atoms with Crippen LogP contribution in [0.1, 0.15) is 19.8 Å². The minimum atomic E-state index is 0.0509. The SMILES string of the molecule is C[C@H]1C[C@@H](C(=O)Nc2cccc(Oc3ccnc4ccccc34)c2)CCN1. The highest BCUT2D eigenvalue weighted by Crippen LogP contribution is 2.30. The van der Waals surface area contributed by atoms with E-state index in [1.54, 1.807) is 6.20 Å². The number of fused-ring (bicyclic) bond motifs is 1. The second kappa shape index (κ2) is 7.76. The van der Waals surface area contributed by atoms with Crippen LogP contribution in [0.15, 0.2) is 60.8 Å². The number of para-hydroxylation sites is 1. The molecule has 0 bridgehead atoms. The van der Waals surface area contributed by atoms with E-state index in [-0.39, 0.29) is 11.8 Å².